The molecule has 0 unspecified atom stereocenters. The molecule has 0 aliphatic rings. The Kier molecular flexibility index (Phi) is 5.03. The number of hydrogen-bond acceptors (Lipinski definition) is 2. The van der Waals surface area contributed by atoms with Gasteiger partial charge in [0.05, 0.1) is 0 Å². The highest BCUT2D eigenvalue weighted by Gasteiger charge is 2.17. The van der Waals surface area contributed by atoms with Crippen molar-refractivity contribution in [3.8, 4) is 0 Å². The first-order chi connectivity index (χ1) is 7.69. The van der Waals surface area contributed by atoms with Gasteiger partial charge in [0.25, 0.3) is 0 Å². The van der Waals surface area contributed by atoms with Crippen molar-refractivity contribution in [1.82, 2.24) is 0 Å². The van der Waals surface area contributed by atoms with Gasteiger partial charge in [-0.25, -0.2) is 0 Å². The molecule has 0 aromatic heterocycles. The molecule has 1 rings (SSSR count). The molecule has 0 aliphatic heterocycles. The molecule has 1 aromatic rings. The fourth-order valence-corrected chi connectivity index (χ4v) is 1.99. The van der Waals surface area contributed by atoms with Gasteiger partial charge in [-0.15, -0.1) is 0 Å². The van der Waals surface area contributed by atoms with Crippen molar-refractivity contribution in [2.75, 3.05) is 5.73 Å². The zero-order valence-corrected chi connectivity index (χ0v) is 10.2. The summed E-state index contributed by atoms with van der Waals surface area (Å²) in [5.41, 5.74) is 7.11. The van der Waals surface area contributed by atoms with Gasteiger partial charge in [-0.3, -0.25) is 4.79 Å². The average Bonchev–Trinajstić information content (AvgIpc) is 2.29. The molecule has 0 saturated heterocycles. The first-order valence-electron chi connectivity index (χ1n) is 6.08. The molecular formula is C14H21NO. The highest BCUT2D eigenvalue weighted by Crippen LogP contribution is 2.20. The van der Waals surface area contributed by atoms with Gasteiger partial charge >= 0.3 is 0 Å². The number of nitrogen functional groups attached to an aromatic ring is 1. The van der Waals surface area contributed by atoms with Crippen molar-refractivity contribution in [3.05, 3.63) is 29.8 Å². The molecule has 0 heterocycles. The molecule has 2 N–H and O–H groups in total. The minimum Gasteiger partial charge on any atom is -0.399 e. The summed E-state index contributed by atoms with van der Waals surface area (Å²) in [5, 5.41) is 0. The van der Waals surface area contributed by atoms with E-state index in [9.17, 15) is 4.79 Å². The topological polar surface area (TPSA) is 43.1 Å². The highest BCUT2D eigenvalue weighted by molar-refractivity contribution is 5.98. The molecule has 2 heteroatoms. The van der Waals surface area contributed by atoms with Crippen LogP contribution >= 0.6 is 0 Å². The summed E-state index contributed by atoms with van der Waals surface area (Å²) in [5.74, 6) is 0.447. The van der Waals surface area contributed by atoms with Crippen molar-refractivity contribution in [3.63, 3.8) is 0 Å². The minimum absolute atomic E-state index is 0.179. The van der Waals surface area contributed by atoms with Crippen LogP contribution in [-0.4, -0.2) is 5.78 Å². The third-order valence-electron chi connectivity index (χ3n) is 2.84. The molecule has 1 aromatic carbocycles. The van der Waals surface area contributed by atoms with Crippen LogP contribution in [0.2, 0.25) is 0 Å². The lowest BCUT2D eigenvalue weighted by molar-refractivity contribution is 0.0905. The lowest BCUT2D eigenvalue weighted by atomic mass is 9.90. The van der Waals surface area contributed by atoms with Crippen LogP contribution in [0.3, 0.4) is 0 Å². The van der Waals surface area contributed by atoms with Crippen molar-refractivity contribution in [2.45, 2.75) is 39.5 Å². The third kappa shape index (κ3) is 3.37. The Balaban J connectivity index is 2.77. The normalized spacial score (nSPS) is 10.7. The van der Waals surface area contributed by atoms with E-state index >= 15 is 0 Å². The Bertz CT molecular complexity index is 323. The Morgan fingerprint density at radius 1 is 1.12 bits per heavy atom. The summed E-state index contributed by atoms with van der Waals surface area (Å²) in [7, 11) is 0. The van der Waals surface area contributed by atoms with E-state index < -0.39 is 0 Å². The molecule has 0 atom stereocenters. The second-order valence-electron chi connectivity index (χ2n) is 4.26. The maximum absolute atomic E-state index is 12.2. The van der Waals surface area contributed by atoms with Crippen LogP contribution in [0.1, 0.15) is 49.9 Å². The molecule has 2 nitrogen and oxygen atoms in total. The Hall–Kier alpha value is -1.31. The first kappa shape index (κ1) is 12.8. The lowest BCUT2D eigenvalue weighted by Crippen LogP contribution is -2.14. The number of ketones is 1. The van der Waals surface area contributed by atoms with E-state index in [-0.39, 0.29) is 11.7 Å². The highest BCUT2D eigenvalue weighted by atomic mass is 16.1. The Morgan fingerprint density at radius 2 is 1.62 bits per heavy atom. The number of carbonyl (C=O) groups excluding carboxylic acids is 1. The monoisotopic (exact) mass is 219 g/mol. The van der Waals surface area contributed by atoms with Gasteiger partial charge in [-0.2, -0.15) is 0 Å². The first-order valence-corrected chi connectivity index (χ1v) is 6.08. The van der Waals surface area contributed by atoms with Gasteiger partial charge in [0, 0.05) is 17.2 Å². The van der Waals surface area contributed by atoms with E-state index in [0.29, 0.717) is 5.69 Å². The van der Waals surface area contributed by atoms with Gasteiger partial charge in [-0.1, -0.05) is 26.7 Å². The van der Waals surface area contributed by atoms with Crippen LogP contribution in [0.4, 0.5) is 5.69 Å². The molecule has 0 aliphatic carbocycles. The summed E-state index contributed by atoms with van der Waals surface area (Å²) in [4.78, 5) is 12.2. The lowest BCUT2D eigenvalue weighted by Gasteiger charge is -2.13. The molecule has 88 valence electrons. The van der Waals surface area contributed by atoms with Crippen molar-refractivity contribution >= 4 is 11.5 Å². The summed E-state index contributed by atoms with van der Waals surface area (Å²) >= 11 is 0. The van der Waals surface area contributed by atoms with E-state index in [2.05, 4.69) is 13.8 Å². The maximum Gasteiger partial charge on any atom is 0.165 e. The predicted octanol–water partition coefficient (Wildman–Crippen LogP) is 3.67. The van der Waals surface area contributed by atoms with E-state index in [4.69, 9.17) is 5.73 Å². The smallest absolute Gasteiger partial charge is 0.165 e. The quantitative estimate of drug-likeness (QED) is 0.586. The van der Waals surface area contributed by atoms with E-state index in [1.807, 2.05) is 12.1 Å². The van der Waals surface area contributed by atoms with Crippen LogP contribution in [0.15, 0.2) is 24.3 Å². The van der Waals surface area contributed by atoms with Gasteiger partial charge in [0.2, 0.25) is 0 Å². The zero-order valence-electron chi connectivity index (χ0n) is 10.2. The Morgan fingerprint density at radius 3 is 2.06 bits per heavy atom. The summed E-state index contributed by atoms with van der Waals surface area (Å²) in [6.45, 7) is 4.25. The SMILES string of the molecule is CCCC(CCC)C(=O)c1ccc(N)cc1. The minimum atomic E-state index is 0.179. The number of carbonyl (C=O) groups is 1. The summed E-state index contributed by atoms with van der Waals surface area (Å²) in [6, 6.07) is 7.25. The molecule has 0 bridgehead atoms. The zero-order chi connectivity index (χ0) is 12.0. The Labute approximate surface area is 97.9 Å². The summed E-state index contributed by atoms with van der Waals surface area (Å²) < 4.78 is 0. The van der Waals surface area contributed by atoms with Crippen LogP contribution in [-0.2, 0) is 0 Å². The fourth-order valence-electron chi connectivity index (χ4n) is 1.99. The van der Waals surface area contributed by atoms with Gasteiger partial charge in [-0.05, 0) is 37.1 Å². The standard InChI is InChI=1S/C14H21NO/c1-3-5-11(6-4-2)14(16)12-7-9-13(15)10-8-12/h7-11H,3-6,15H2,1-2H3. The van der Waals surface area contributed by atoms with Crippen molar-refractivity contribution in [1.29, 1.82) is 0 Å². The van der Waals surface area contributed by atoms with Gasteiger partial charge < -0.3 is 5.73 Å². The molecule has 0 fully saturated rings. The molecular weight excluding hydrogens is 198 g/mol. The van der Waals surface area contributed by atoms with Gasteiger partial charge in [0.15, 0.2) is 5.78 Å². The number of Topliss-reactive ketones (excluding diaryl/α,β-unsaturated/α-hetero) is 1. The number of anilines is 1. The molecule has 0 radical (unpaired) electrons. The summed E-state index contributed by atoms with van der Waals surface area (Å²) in [6.07, 6.45) is 4.09. The van der Waals surface area contributed by atoms with E-state index in [1.54, 1.807) is 12.1 Å². The second kappa shape index (κ2) is 6.31. The number of benzene rings is 1. The molecule has 0 amide bonds. The van der Waals surface area contributed by atoms with Crippen LogP contribution in [0.5, 0.6) is 0 Å². The van der Waals surface area contributed by atoms with Crippen LogP contribution < -0.4 is 5.73 Å². The number of hydrogen-bond donors (Lipinski definition) is 1. The third-order valence-corrected chi connectivity index (χ3v) is 2.84. The van der Waals surface area contributed by atoms with Crippen molar-refractivity contribution < 1.29 is 4.79 Å². The average molecular weight is 219 g/mol. The van der Waals surface area contributed by atoms with Gasteiger partial charge in [0.1, 0.15) is 0 Å². The number of rotatable bonds is 6. The second-order valence-corrected chi connectivity index (χ2v) is 4.26. The van der Waals surface area contributed by atoms with Crippen molar-refractivity contribution in [2.24, 2.45) is 5.92 Å². The molecule has 16 heavy (non-hydrogen) atoms. The molecule has 0 saturated carbocycles. The molecule has 0 spiro atoms. The predicted molar refractivity (Wildman–Crippen MR) is 68.5 cm³/mol. The number of nitrogens with two attached hydrogens (primary N) is 1. The van der Waals surface area contributed by atoms with Crippen LogP contribution in [0.25, 0.3) is 0 Å². The largest absolute Gasteiger partial charge is 0.399 e. The fraction of sp³-hybridized carbons (Fsp3) is 0.500. The maximum atomic E-state index is 12.2. The van der Waals surface area contributed by atoms with Crippen LogP contribution in [0, 0.1) is 5.92 Å². The van der Waals surface area contributed by atoms with E-state index in [0.717, 1.165) is 31.2 Å². The van der Waals surface area contributed by atoms with E-state index in [1.165, 1.54) is 0 Å².